The highest BCUT2D eigenvalue weighted by molar-refractivity contribution is 6.32. The van der Waals surface area contributed by atoms with Gasteiger partial charge in [-0.3, -0.25) is 0 Å². The van der Waals surface area contributed by atoms with Crippen LogP contribution >= 0.6 is 11.6 Å². The van der Waals surface area contributed by atoms with Crippen molar-refractivity contribution in [2.75, 3.05) is 33.5 Å². The molecule has 3 rings (SSSR count). The van der Waals surface area contributed by atoms with Gasteiger partial charge in [0.1, 0.15) is 0 Å². The molecular formula is C22H28ClNO3. The van der Waals surface area contributed by atoms with E-state index in [0.717, 1.165) is 44.7 Å². The molecular weight excluding hydrogens is 362 g/mol. The van der Waals surface area contributed by atoms with Gasteiger partial charge in [-0.25, -0.2) is 0 Å². The van der Waals surface area contributed by atoms with Crippen molar-refractivity contribution in [2.24, 2.45) is 0 Å². The SMILES string of the molecule is CCOc1cc(CNCC2(c3ccccc3)CCOCC2)cc(Cl)c1OC. The molecule has 1 fully saturated rings. The maximum absolute atomic E-state index is 6.37. The van der Waals surface area contributed by atoms with E-state index in [4.69, 9.17) is 25.8 Å². The van der Waals surface area contributed by atoms with Crippen molar-refractivity contribution in [3.05, 3.63) is 58.6 Å². The summed E-state index contributed by atoms with van der Waals surface area (Å²) in [6, 6.07) is 14.7. The summed E-state index contributed by atoms with van der Waals surface area (Å²) in [5.74, 6) is 1.28. The van der Waals surface area contributed by atoms with Crippen molar-refractivity contribution in [1.82, 2.24) is 5.32 Å². The lowest BCUT2D eigenvalue weighted by atomic mass is 9.74. The van der Waals surface area contributed by atoms with Gasteiger partial charge in [0.25, 0.3) is 0 Å². The number of rotatable bonds is 8. The molecule has 2 aromatic rings. The van der Waals surface area contributed by atoms with Crippen molar-refractivity contribution in [3.63, 3.8) is 0 Å². The number of methoxy groups -OCH3 is 1. The monoisotopic (exact) mass is 389 g/mol. The quantitative estimate of drug-likeness (QED) is 0.717. The lowest BCUT2D eigenvalue weighted by Crippen LogP contribution is -2.42. The lowest BCUT2D eigenvalue weighted by molar-refractivity contribution is 0.0498. The van der Waals surface area contributed by atoms with Gasteiger partial charge in [-0.15, -0.1) is 0 Å². The number of halogens is 1. The Morgan fingerprint density at radius 3 is 2.56 bits per heavy atom. The van der Waals surface area contributed by atoms with E-state index >= 15 is 0 Å². The van der Waals surface area contributed by atoms with E-state index in [9.17, 15) is 0 Å². The normalized spacial score (nSPS) is 16.1. The van der Waals surface area contributed by atoms with Crippen molar-refractivity contribution < 1.29 is 14.2 Å². The number of hydrogen-bond acceptors (Lipinski definition) is 4. The van der Waals surface area contributed by atoms with E-state index in [0.29, 0.717) is 23.1 Å². The highest BCUT2D eigenvalue weighted by Gasteiger charge is 2.33. The van der Waals surface area contributed by atoms with Crippen LogP contribution in [0.1, 0.15) is 30.9 Å². The highest BCUT2D eigenvalue weighted by Crippen LogP contribution is 2.37. The molecule has 1 saturated heterocycles. The molecule has 1 aliphatic heterocycles. The largest absolute Gasteiger partial charge is 0.491 e. The molecule has 0 radical (unpaired) electrons. The molecule has 4 nitrogen and oxygen atoms in total. The Bertz CT molecular complexity index is 730. The summed E-state index contributed by atoms with van der Waals surface area (Å²) in [5.41, 5.74) is 2.57. The van der Waals surface area contributed by atoms with Crippen molar-refractivity contribution in [3.8, 4) is 11.5 Å². The smallest absolute Gasteiger partial charge is 0.179 e. The second kappa shape index (κ2) is 9.45. The molecule has 1 aliphatic rings. The topological polar surface area (TPSA) is 39.7 Å². The molecule has 146 valence electrons. The number of hydrogen-bond donors (Lipinski definition) is 1. The molecule has 0 aromatic heterocycles. The van der Waals surface area contributed by atoms with E-state index in [2.05, 4.69) is 35.6 Å². The third-order valence-electron chi connectivity index (χ3n) is 5.20. The van der Waals surface area contributed by atoms with Crippen LogP contribution in [0.4, 0.5) is 0 Å². The summed E-state index contributed by atoms with van der Waals surface area (Å²) in [5, 5.41) is 4.21. The zero-order valence-electron chi connectivity index (χ0n) is 16.1. The molecule has 0 spiro atoms. The van der Waals surface area contributed by atoms with Gasteiger partial charge >= 0.3 is 0 Å². The molecule has 27 heavy (non-hydrogen) atoms. The maximum Gasteiger partial charge on any atom is 0.179 e. The van der Waals surface area contributed by atoms with Crippen LogP contribution in [-0.4, -0.2) is 33.5 Å². The highest BCUT2D eigenvalue weighted by atomic mass is 35.5. The van der Waals surface area contributed by atoms with E-state index in [1.54, 1.807) is 7.11 Å². The average Bonchev–Trinajstić information content (AvgIpc) is 2.70. The van der Waals surface area contributed by atoms with Crippen LogP contribution < -0.4 is 14.8 Å². The van der Waals surface area contributed by atoms with E-state index in [1.165, 1.54) is 5.56 Å². The molecule has 0 unspecified atom stereocenters. The minimum absolute atomic E-state index is 0.110. The number of benzene rings is 2. The van der Waals surface area contributed by atoms with Gasteiger partial charge in [-0.05, 0) is 43.0 Å². The Kier molecular flexibility index (Phi) is 7.00. The summed E-state index contributed by atoms with van der Waals surface area (Å²) >= 11 is 6.37. The molecule has 0 saturated carbocycles. The average molecular weight is 390 g/mol. The first-order valence-corrected chi connectivity index (χ1v) is 9.89. The second-order valence-corrected chi connectivity index (χ2v) is 7.31. The molecule has 0 amide bonds. The summed E-state index contributed by atoms with van der Waals surface area (Å²) in [6.45, 7) is 5.75. The van der Waals surface area contributed by atoms with Crippen molar-refractivity contribution in [1.29, 1.82) is 0 Å². The lowest BCUT2D eigenvalue weighted by Gasteiger charge is -2.38. The predicted molar refractivity (Wildman–Crippen MR) is 109 cm³/mol. The van der Waals surface area contributed by atoms with Crippen LogP contribution in [-0.2, 0) is 16.7 Å². The third kappa shape index (κ3) is 4.75. The molecule has 1 N–H and O–H groups in total. The van der Waals surface area contributed by atoms with Crippen LogP contribution in [0.2, 0.25) is 5.02 Å². The summed E-state index contributed by atoms with van der Waals surface area (Å²) in [7, 11) is 1.61. The fourth-order valence-corrected chi connectivity index (χ4v) is 4.06. The third-order valence-corrected chi connectivity index (χ3v) is 5.48. The van der Waals surface area contributed by atoms with E-state index in [-0.39, 0.29) is 5.41 Å². The first-order valence-electron chi connectivity index (χ1n) is 9.52. The Labute approximate surface area is 166 Å². The van der Waals surface area contributed by atoms with Crippen LogP contribution in [0.3, 0.4) is 0 Å². The maximum atomic E-state index is 6.37. The van der Waals surface area contributed by atoms with E-state index < -0.39 is 0 Å². The van der Waals surface area contributed by atoms with Gasteiger partial charge in [-0.1, -0.05) is 41.9 Å². The number of nitrogens with one attached hydrogen (secondary N) is 1. The predicted octanol–water partition coefficient (Wildman–Crippen LogP) is 4.59. The molecule has 0 atom stereocenters. The Morgan fingerprint density at radius 2 is 1.89 bits per heavy atom. The van der Waals surface area contributed by atoms with Crippen LogP contribution in [0.5, 0.6) is 11.5 Å². The zero-order valence-corrected chi connectivity index (χ0v) is 16.8. The first kappa shape index (κ1) is 20.0. The zero-order chi connectivity index (χ0) is 19.1. The molecule has 1 heterocycles. The van der Waals surface area contributed by atoms with Gasteiger partial charge in [0, 0.05) is 31.7 Å². The fourth-order valence-electron chi connectivity index (χ4n) is 3.75. The summed E-state index contributed by atoms with van der Waals surface area (Å²) < 4.78 is 16.7. The van der Waals surface area contributed by atoms with Gasteiger partial charge in [0.2, 0.25) is 0 Å². The van der Waals surface area contributed by atoms with E-state index in [1.807, 2.05) is 19.1 Å². The summed E-state index contributed by atoms with van der Waals surface area (Å²) in [6.07, 6.45) is 2.05. The first-order chi connectivity index (χ1) is 13.2. The minimum atomic E-state index is 0.110. The van der Waals surface area contributed by atoms with Gasteiger partial charge in [0.15, 0.2) is 11.5 Å². The van der Waals surface area contributed by atoms with Crippen LogP contribution in [0.15, 0.2) is 42.5 Å². The van der Waals surface area contributed by atoms with Gasteiger partial charge in [0.05, 0.1) is 18.7 Å². The Morgan fingerprint density at radius 1 is 1.15 bits per heavy atom. The van der Waals surface area contributed by atoms with Crippen molar-refractivity contribution >= 4 is 11.6 Å². The Hall–Kier alpha value is -1.75. The Balaban J connectivity index is 1.72. The van der Waals surface area contributed by atoms with Gasteiger partial charge in [-0.2, -0.15) is 0 Å². The molecule has 0 bridgehead atoms. The minimum Gasteiger partial charge on any atom is -0.491 e. The molecule has 5 heteroatoms. The van der Waals surface area contributed by atoms with Crippen LogP contribution in [0.25, 0.3) is 0 Å². The standard InChI is InChI=1S/C22H28ClNO3/c1-3-27-20-14-17(13-19(23)21(20)25-2)15-24-16-22(9-11-26-12-10-22)18-7-5-4-6-8-18/h4-8,13-14,24H,3,9-12,15-16H2,1-2H3. The molecule has 2 aromatic carbocycles. The second-order valence-electron chi connectivity index (χ2n) is 6.90. The van der Waals surface area contributed by atoms with Crippen LogP contribution in [0, 0.1) is 0 Å². The summed E-state index contributed by atoms with van der Waals surface area (Å²) in [4.78, 5) is 0. The molecule has 0 aliphatic carbocycles. The van der Waals surface area contributed by atoms with Gasteiger partial charge < -0.3 is 19.5 Å². The number of ether oxygens (including phenoxy) is 3. The fraction of sp³-hybridized carbons (Fsp3) is 0.455. The van der Waals surface area contributed by atoms with Crippen molar-refractivity contribution in [2.45, 2.75) is 31.7 Å².